The standard InChI is InChI=1S/C15H30N2O2/c1-13(2)16-11-15(5-8-19-9-6-15)12-17-7-3-4-14(18)10-17/h13-14,16,18H,3-12H2,1-2H3. The molecular weight excluding hydrogens is 240 g/mol. The van der Waals surface area contributed by atoms with Gasteiger partial charge in [0.1, 0.15) is 0 Å². The highest BCUT2D eigenvalue weighted by atomic mass is 16.5. The first-order valence-corrected chi connectivity index (χ1v) is 7.81. The van der Waals surface area contributed by atoms with Crippen molar-refractivity contribution in [1.82, 2.24) is 10.2 Å². The number of aliphatic hydroxyl groups is 1. The second-order valence-corrected chi connectivity index (χ2v) is 6.68. The number of hydrogen-bond donors (Lipinski definition) is 2. The maximum Gasteiger partial charge on any atom is 0.0667 e. The minimum atomic E-state index is -0.122. The number of nitrogens with zero attached hydrogens (tertiary/aromatic N) is 1. The van der Waals surface area contributed by atoms with Crippen molar-refractivity contribution in [3.05, 3.63) is 0 Å². The molecule has 4 nitrogen and oxygen atoms in total. The van der Waals surface area contributed by atoms with E-state index < -0.39 is 0 Å². The van der Waals surface area contributed by atoms with Crippen LogP contribution in [-0.2, 0) is 4.74 Å². The summed E-state index contributed by atoms with van der Waals surface area (Å²) in [5.74, 6) is 0. The van der Waals surface area contributed by atoms with Crippen LogP contribution in [-0.4, -0.2) is 61.5 Å². The Balaban J connectivity index is 1.92. The zero-order valence-electron chi connectivity index (χ0n) is 12.5. The molecule has 2 fully saturated rings. The van der Waals surface area contributed by atoms with E-state index in [4.69, 9.17) is 4.74 Å². The maximum absolute atomic E-state index is 9.83. The summed E-state index contributed by atoms with van der Waals surface area (Å²) >= 11 is 0. The van der Waals surface area contributed by atoms with Crippen LogP contribution in [0.15, 0.2) is 0 Å². The van der Waals surface area contributed by atoms with Crippen LogP contribution in [0.3, 0.4) is 0 Å². The largest absolute Gasteiger partial charge is 0.392 e. The van der Waals surface area contributed by atoms with Crippen molar-refractivity contribution in [2.24, 2.45) is 5.41 Å². The molecule has 4 heteroatoms. The second-order valence-electron chi connectivity index (χ2n) is 6.68. The number of ether oxygens (including phenoxy) is 1. The van der Waals surface area contributed by atoms with Gasteiger partial charge >= 0.3 is 0 Å². The molecule has 1 atom stereocenters. The van der Waals surface area contributed by atoms with Crippen LogP contribution < -0.4 is 5.32 Å². The number of piperidine rings is 1. The fourth-order valence-corrected chi connectivity index (χ4v) is 3.26. The van der Waals surface area contributed by atoms with E-state index in [0.29, 0.717) is 11.5 Å². The molecule has 2 aliphatic heterocycles. The van der Waals surface area contributed by atoms with Gasteiger partial charge in [0, 0.05) is 38.9 Å². The van der Waals surface area contributed by atoms with E-state index in [1.54, 1.807) is 0 Å². The van der Waals surface area contributed by atoms with Gasteiger partial charge in [0.15, 0.2) is 0 Å². The first kappa shape index (κ1) is 15.2. The quantitative estimate of drug-likeness (QED) is 0.789. The van der Waals surface area contributed by atoms with Crippen molar-refractivity contribution in [3.8, 4) is 0 Å². The van der Waals surface area contributed by atoms with Crippen LogP contribution in [0.2, 0.25) is 0 Å². The fraction of sp³-hybridized carbons (Fsp3) is 1.00. The van der Waals surface area contributed by atoms with E-state index >= 15 is 0 Å². The van der Waals surface area contributed by atoms with E-state index in [1.165, 1.54) is 0 Å². The zero-order valence-corrected chi connectivity index (χ0v) is 12.5. The molecule has 0 saturated carbocycles. The van der Waals surface area contributed by atoms with Gasteiger partial charge in [-0.2, -0.15) is 0 Å². The minimum absolute atomic E-state index is 0.122. The summed E-state index contributed by atoms with van der Waals surface area (Å²) < 4.78 is 5.55. The summed E-state index contributed by atoms with van der Waals surface area (Å²) in [7, 11) is 0. The summed E-state index contributed by atoms with van der Waals surface area (Å²) in [6, 6.07) is 0.534. The highest BCUT2D eigenvalue weighted by molar-refractivity contribution is 4.89. The van der Waals surface area contributed by atoms with Gasteiger partial charge in [0.25, 0.3) is 0 Å². The van der Waals surface area contributed by atoms with Gasteiger partial charge in [0.2, 0.25) is 0 Å². The van der Waals surface area contributed by atoms with Gasteiger partial charge in [-0.15, -0.1) is 0 Å². The molecule has 2 heterocycles. The van der Waals surface area contributed by atoms with Crippen molar-refractivity contribution >= 4 is 0 Å². The van der Waals surface area contributed by atoms with Crippen LogP contribution in [0.25, 0.3) is 0 Å². The second kappa shape index (κ2) is 7.02. The van der Waals surface area contributed by atoms with Crippen molar-refractivity contribution in [2.75, 3.05) is 39.4 Å². The van der Waals surface area contributed by atoms with Gasteiger partial charge in [0.05, 0.1) is 6.10 Å². The maximum atomic E-state index is 9.83. The number of β-amino-alcohol motifs (C(OH)–C–C–N with tert-alkyl or cyclic N) is 1. The Kier molecular flexibility index (Phi) is 5.63. The Labute approximate surface area is 117 Å². The fourth-order valence-electron chi connectivity index (χ4n) is 3.26. The van der Waals surface area contributed by atoms with Gasteiger partial charge in [-0.05, 0) is 37.6 Å². The molecule has 0 aromatic heterocycles. The lowest BCUT2D eigenvalue weighted by Crippen LogP contribution is -2.51. The summed E-state index contributed by atoms with van der Waals surface area (Å²) in [5.41, 5.74) is 0.333. The molecule has 0 spiro atoms. The van der Waals surface area contributed by atoms with Gasteiger partial charge in [-0.1, -0.05) is 13.8 Å². The third-order valence-corrected chi connectivity index (χ3v) is 4.48. The van der Waals surface area contributed by atoms with E-state index in [2.05, 4.69) is 24.1 Å². The molecule has 0 aliphatic carbocycles. The Morgan fingerprint density at radius 1 is 1.37 bits per heavy atom. The number of aliphatic hydroxyl groups excluding tert-OH is 1. The average molecular weight is 270 g/mol. The van der Waals surface area contributed by atoms with Crippen LogP contribution in [0.5, 0.6) is 0 Å². The predicted molar refractivity (Wildman–Crippen MR) is 77.3 cm³/mol. The molecule has 2 N–H and O–H groups in total. The van der Waals surface area contributed by atoms with Gasteiger partial charge in [-0.3, -0.25) is 0 Å². The van der Waals surface area contributed by atoms with Crippen LogP contribution >= 0.6 is 0 Å². The van der Waals surface area contributed by atoms with Crippen molar-refractivity contribution in [3.63, 3.8) is 0 Å². The predicted octanol–water partition coefficient (Wildman–Crippen LogP) is 1.24. The molecule has 19 heavy (non-hydrogen) atoms. The van der Waals surface area contributed by atoms with Crippen LogP contribution in [0, 0.1) is 5.41 Å². The van der Waals surface area contributed by atoms with E-state index in [1.807, 2.05) is 0 Å². The van der Waals surface area contributed by atoms with Crippen molar-refractivity contribution < 1.29 is 9.84 Å². The van der Waals surface area contributed by atoms with E-state index in [-0.39, 0.29) is 6.10 Å². The normalized spacial score (nSPS) is 28.7. The Bertz CT molecular complexity index is 265. The molecule has 2 saturated heterocycles. The molecule has 0 amide bonds. The highest BCUT2D eigenvalue weighted by Gasteiger charge is 2.35. The molecule has 0 radical (unpaired) electrons. The highest BCUT2D eigenvalue weighted by Crippen LogP contribution is 2.32. The lowest BCUT2D eigenvalue weighted by Gasteiger charge is -2.43. The number of likely N-dealkylation sites (tertiary alicyclic amines) is 1. The number of nitrogens with one attached hydrogen (secondary N) is 1. The van der Waals surface area contributed by atoms with Crippen molar-refractivity contribution in [1.29, 1.82) is 0 Å². The SMILES string of the molecule is CC(C)NCC1(CN2CCCC(O)C2)CCOCC1. The molecule has 0 aromatic carbocycles. The van der Waals surface area contributed by atoms with Crippen LogP contribution in [0.1, 0.15) is 39.5 Å². The molecule has 2 aliphatic rings. The molecule has 0 bridgehead atoms. The minimum Gasteiger partial charge on any atom is -0.392 e. The lowest BCUT2D eigenvalue weighted by atomic mass is 9.79. The summed E-state index contributed by atoms with van der Waals surface area (Å²) in [6.45, 7) is 10.3. The van der Waals surface area contributed by atoms with Crippen molar-refractivity contribution in [2.45, 2.75) is 51.7 Å². The molecule has 2 rings (SSSR count). The summed E-state index contributed by atoms with van der Waals surface area (Å²) in [6.07, 6.45) is 4.25. The zero-order chi connectivity index (χ0) is 13.7. The van der Waals surface area contributed by atoms with Gasteiger partial charge < -0.3 is 20.1 Å². The van der Waals surface area contributed by atoms with E-state index in [9.17, 15) is 5.11 Å². The van der Waals surface area contributed by atoms with E-state index in [0.717, 1.165) is 65.1 Å². The third-order valence-electron chi connectivity index (χ3n) is 4.48. The Morgan fingerprint density at radius 2 is 2.11 bits per heavy atom. The molecule has 1 unspecified atom stereocenters. The van der Waals surface area contributed by atoms with Gasteiger partial charge in [-0.25, -0.2) is 0 Å². The summed E-state index contributed by atoms with van der Waals surface area (Å²) in [5, 5.41) is 13.4. The Morgan fingerprint density at radius 3 is 2.74 bits per heavy atom. The molecule has 0 aromatic rings. The first-order valence-electron chi connectivity index (χ1n) is 7.81. The topological polar surface area (TPSA) is 44.7 Å². The molecule has 112 valence electrons. The number of hydrogen-bond acceptors (Lipinski definition) is 4. The van der Waals surface area contributed by atoms with Crippen LogP contribution in [0.4, 0.5) is 0 Å². The lowest BCUT2D eigenvalue weighted by molar-refractivity contribution is -0.0207. The third kappa shape index (κ3) is 4.71. The average Bonchev–Trinajstić information content (AvgIpc) is 2.38. The monoisotopic (exact) mass is 270 g/mol. The Hall–Kier alpha value is -0.160. The molecular formula is C15H30N2O2. The smallest absolute Gasteiger partial charge is 0.0667 e. The first-order chi connectivity index (χ1) is 9.10. The summed E-state index contributed by atoms with van der Waals surface area (Å²) in [4.78, 5) is 2.46. The number of rotatable bonds is 5.